The number of hydrogen-bond donors (Lipinski definition) is 0. The number of allylic oxidation sites excluding steroid dienone is 5. The minimum atomic E-state index is -4.08. The van der Waals surface area contributed by atoms with Crippen molar-refractivity contribution in [3.05, 3.63) is 65.3 Å². The van der Waals surface area contributed by atoms with E-state index in [2.05, 4.69) is 73.1 Å². The first kappa shape index (κ1) is 14.8. The van der Waals surface area contributed by atoms with Gasteiger partial charge >= 0.3 is 130 Å². The molecule has 3 rings (SSSR count). The van der Waals surface area contributed by atoms with Crippen molar-refractivity contribution in [1.82, 2.24) is 0 Å². The molecule has 3 heteroatoms. The molecule has 0 nitrogen and oxygen atoms in total. The number of halogens is 2. The van der Waals surface area contributed by atoms with Gasteiger partial charge in [-0.05, 0) is 0 Å². The van der Waals surface area contributed by atoms with Crippen molar-refractivity contribution in [2.45, 2.75) is 25.2 Å². The van der Waals surface area contributed by atoms with Gasteiger partial charge < -0.3 is 0 Å². The standard InChI is InChI=1S/C11H11.C5H5.CH3.2ClH.Zr/c1-8-4-3-5-10-7-6-9(2)11(8)10;1-2-4-5-3-1;;;;/h3-7H,1-2H3;1-5H;1H3;2*1H;/q;;;;;+2/p-2. The summed E-state index contributed by atoms with van der Waals surface area (Å²) in [6.45, 7) is 4.39. The van der Waals surface area contributed by atoms with Crippen LogP contribution in [0.2, 0.25) is 8.26 Å². The number of benzene rings is 1. The molecule has 1 aromatic carbocycles. The Morgan fingerprint density at radius 1 is 1.15 bits per heavy atom. The van der Waals surface area contributed by atoms with Crippen molar-refractivity contribution in [2.24, 2.45) is 0 Å². The van der Waals surface area contributed by atoms with Crippen LogP contribution in [0.25, 0.3) is 6.08 Å². The van der Waals surface area contributed by atoms with Crippen LogP contribution in [-0.4, -0.2) is 0 Å². The van der Waals surface area contributed by atoms with E-state index in [9.17, 15) is 0 Å². The molecule has 0 fully saturated rings. The van der Waals surface area contributed by atoms with Crippen LogP contribution in [0.1, 0.15) is 23.6 Å². The average molecular weight is 385 g/mol. The third-order valence-electron chi connectivity index (χ3n) is 5.13. The molecule has 0 spiro atoms. The van der Waals surface area contributed by atoms with E-state index in [4.69, 9.17) is 17.0 Å². The van der Waals surface area contributed by atoms with Gasteiger partial charge in [-0.3, -0.25) is 0 Å². The summed E-state index contributed by atoms with van der Waals surface area (Å²) in [6, 6.07) is 6.41. The van der Waals surface area contributed by atoms with Crippen LogP contribution in [0.4, 0.5) is 0 Å². The fourth-order valence-electron chi connectivity index (χ4n) is 3.58. The maximum atomic E-state index is 7.27. The number of aryl methyl sites for hydroxylation is 1. The Morgan fingerprint density at radius 2 is 1.80 bits per heavy atom. The molecule has 0 saturated heterocycles. The van der Waals surface area contributed by atoms with Gasteiger partial charge in [0.25, 0.3) is 0 Å². The van der Waals surface area contributed by atoms with Crippen LogP contribution < -0.4 is 0 Å². The first-order chi connectivity index (χ1) is 9.25. The summed E-state index contributed by atoms with van der Waals surface area (Å²) < 4.78 is 2.12. The minimum absolute atomic E-state index is 0.194. The Morgan fingerprint density at radius 3 is 2.45 bits per heavy atom. The predicted molar refractivity (Wildman–Crippen MR) is 87.2 cm³/mol. The second-order valence-corrected chi connectivity index (χ2v) is 30.8. The topological polar surface area (TPSA) is 0 Å². The summed E-state index contributed by atoms with van der Waals surface area (Å²) in [5.74, 6) is 0. The van der Waals surface area contributed by atoms with E-state index in [0.29, 0.717) is 0 Å². The SMILES string of the molecule is Cc1cccc2c1[C](C)([Zr]([CH3])([Cl])([Cl])[CH]1C=CC=C1)C=C2. The van der Waals surface area contributed by atoms with Crippen LogP contribution >= 0.6 is 17.0 Å². The molecule has 0 bridgehead atoms. The van der Waals surface area contributed by atoms with E-state index in [1.807, 2.05) is 0 Å². The molecule has 0 aliphatic heterocycles. The molecule has 0 heterocycles. The van der Waals surface area contributed by atoms with Crippen LogP contribution in [0, 0.1) is 6.92 Å². The first-order valence-corrected chi connectivity index (χ1v) is 18.4. The van der Waals surface area contributed by atoms with Gasteiger partial charge in [0.15, 0.2) is 0 Å². The molecule has 0 aromatic heterocycles. The predicted octanol–water partition coefficient (Wildman–Crippen LogP) is 6.20. The molecular formula is C17H19Cl2Zr. The van der Waals surface area contributed by atoms with Gasteiger partial charge in [-0.15, -0.1) is 0 Å². The number of rotatable bonds is 2. The third-order valence-corrected chi connectivity index (χ3v) is 24.4. The van der Waals surface area contributed by atoms with Crippen molar-refractivity contribution in [1.29, 1.82) is 0 Å². The van der Waals surface area contributed by atoms with Gasteiger partial charge in [0, 0.05) is 0 Å². The van der Waals surface area contributed by atoms with Crippen LogP contribution in [0.15, 0.2) is 48.6 Å². The zero-order valence-electron chi connectivity index (χ0n) is 12.0. The van der Waals surface area contributed by atoms with Crippen LogP contribution in [-0.2, 0) is 19.5 Å². The van der Waals surface area contributed by atoms with E-state index in [-0.39, 0.29) is 6.75 Å². The Labute approximate surface area is 129 Å². The maximum absolute atomic E-state index is 7.27. The average Bonchev–Trinajstić information content (AvgIpc) is 2.98. The monoisotopic (exact) mass is 383 g/mol. The van der Waals surface area contributed by atoms with E-state index in [1.165, 1.54) is 16.7 Å². The van der Waals surface area contributed by atoms with Gasteiger partial charge in [0.1, 0.15) is 0 Å². The molecule has 20 heavy (non-hydrogen) atoms. The molecule has 2 aliphatic carbocycles. The molecule has 2 aliphatic rings. The first-order valence-electron chi connectivity index (χ1n) is 6.99. The van der Waals surface area contributed by atoms with Gasteiger partial charge in [0.2, 0.25) is 0 Å². The molecular weight excluding hydrogens is 366 g/mol. The quantitative estimate of drug-likeness (QED) is 0.569. The van der Waals surface area contributed by atoms with Crippen LogP contribution in [0.3, 0.4) is 0 Å². The Bertz CT molecular complexity index is 649. The summed E-state index contributed by atoms with van der Waals surface area (Å²) in [5, 5.41) is 0. The molecule has 1 aromatic rings. The van der Waals surface area contributed by atoms with Crippen molar-refractivity contribution in [2.75, 3.05) is 0 Å². The number of fused-ring (bicyclic) bond motifs is 1. The second kappa shape index (κ2) is 4.45. The summed E-state index contributed by atoms with van der Waals surface area (Å²) in [6.07, 6.45) is 12.9. The van der Waals surface area contributed by atoms with Crippen LogP contribution in [0.5, 0.6) is 0 Å². The molecule has 1 atom stereocenters. The second-order valence-electron chi connectivity index (χ2n) is 6.41. The van der Waals surface area contributed by atoms with Crippen molar-refractivity contribution in [3.63, 3.8) is 0 Å². The number of hydrogen-bond acceptors (Lipinski definition) is 0. The fraction of sp³-hybridized carbons (Fsp3) is 0.294. The Balaban J connectivity index is 2.23. The fourth-order valence-corrected chi connectivity index (χ4v) is 15.0. The van der Waals surface area contributed by atoms with Crippen molar-refractivity contribution >= 4 is 23.1 Å². The van der Waals surface area contributed by atoms with E-state index in [0.717, 1.165) is 0 Å². The van der Waals surface area contributed by atoms with Crippen molar-refractivity contribution < 1.29 is 16.4 Å². The Hall–Kier alpha value is -0.0969. The van der Waals surface area contributed by atoms with E-state index >= 15 is 0 Å². The normalized spacial score (nSPS) is 26.8. The van der Waals surface area contributed by atoms with E-state index < -0.39 is 16.4 Å². The van der Waals surface area contributed by atoms with E-state index in [1.54, 1.807) is 0 Å². The summed E-state index contributed by atoms with van der Waals surface area (Å²) in [7, 11) is 14.5. The van der Waals surface area contributed by atoms with Gasteiger partial charge in [0.05, 0.1) is 0 Å². The molecule has 0 N–H and O–H groups in total. The summed E-state index contributed by atoms with van der Waals surface area (Å²) in [5.41, 5.74) is 3.87. The zero-order chi connectivity index (χ0) is 14.6. The van der Waals surface area contributed by atoms with Gasteiger partial charge in [-0.25, -0.2) is 0 Å². The molecule has 0 amide bonds. The molecule has 0 radical (unpaired) electrons. The molecule has 105 valence electrons. The summed E-state index contributed by atoms with van der Waals surface area (Å²) >= 11 is -4.08. The molecule has 1 unspecified atom stereocenters. The molecule has 0 saturated carbocycles. The zero-order valence-corrected chi connectivity index (χ0v) is 16.0. The Kier molecular flexibility index (Phi) is 3.30. The third kappa shape index (κ3) is 1.83. The summed E-state index contributed by atoms with van der Waals surface area (Å²) in [4.78, 5) is 0. The van der Waals surface area contributed by atoms with Gasteiger partial charge in [-0.1, -0.05) is 0 Å². The van der Waals surface area contributed by atoms with Gasteiger partial charge in [-0.2, -0.15) is 0 Å². The van der Waals surface area contributed by atoms with Crippen molar-refractivity contribution in [3.8, 4) is 0 Å².